The van der Waals surface area contributed by atoms with E-state index >= 15 is 0 Å². The summed E-state index contributed by atoms with van der Waals surface area (Å²) in [4.78, 5) is 20.1. The summed E-state index contributed by atoms with van der Waals surface area (Å²) in [6.07, 6.45) is 2.09. The highest BCUT2D eigenvalue weighted by molar-refractivity contribution is 7.17. The van der Waals surface area contributed by atoms with Gasteiger partial charge in [-0.15, -0.1) is 11.3 Å². The second-order valence-corrected chi connectivity index (χ2v) is 7.22. The number of morpholine rings is 1. The van der Waals surface area contributed by atoms with E-state index in [1.54, 1.807) is 0 Å². The first-order chi connectivity index (χ1) is 12.2. The molecule has 1 aliphatic rings. The molecule has 0 radical (unpaired) electrons. The van der Waals surface area contributed by atoms with Crippen molar-refractivity contribution in [2.24, 2.45) is 0 Å². The molecule has 25 heavy (non-hydrogen) atoms. The number of carbonyl (C=O) groups excluding carboxylic acids is 1. The molecule has 1 N–H and O–H groups in total. The molecule has 3 rings (SSSR count). The molecule has 0 saturated carbocycles. The van der Waals surface area contributed by atoms with E-state index in [1.807, 2.05) is 37.3 Å². The van der Waals surface area contributed by atoms with Gasteiger partial charge in [0.2, 0.25) is 0 Å². The van der Waals surface area contributed by atoms with Crippen LogP contribution in [-0.2, 0) is 4.74 Å². The van der Waals surface area contributed by atoms with E-state index in [9.17, 15) is 4.79 Å². The van der Waals surface area contributed by atoms with Crippen molar-refractivity contribution in [3.05, 3.63) is 40.9 Å². The zero-order valence-electron chi connectivity index (χ0n) is 14.7. The average molecular weight is 359 g/mol. The van der Waals surface area contributed by atoms with E-state index in [4.69, 9.17) is 4.74 Å². The maximum absolute atomic E-state index is 12.4. The van der Waals surface area contributed by atoms with Crippen LogP contribution in [-0.4, -0.2) is 55.2 Å². The van der Waals surface area contributed by atoms with Crippen LogP contribution in [0, 0.1) is 6.92 Å². The molecule has 2 heterocycles. The van der Waals surface area contributed by atoms with Gasteiger partial charge in [-0.3, -0.25) is 9.69 Å². The standard InChI is InChI=1S/C19H25N3O2S/c1-15-17(25-19(21-15)16-7-3-2-4-8-16)18(23)20-9-5-6-10-22-11-13-24-14-12-22/h2-4,7-8H,5-6,9-14H2,1H3,(H,20,23). The average Bonchev–Trinajstić information content (AvgIpc) is 3.05. The van der Waals surface area contributed by atoms with Gasteiger partial charge in [0.05, 0.1) is 18.9 Å². The van der Waals surface area contributed by atoms with E-state index in [2.05, 4.69) is 15.2 Å². The maximum atomic E-state index is 12.4. The molecule has 1 amide bonds. The number of rotatable bonds is 7. The van der Waals surface area contributed by atoms with Crippen LogP contribution in [0.3, 0.4) is 0 Å². The van der Waals surface area contributed by atoms with Crippen molar-refractivity contribution < 1.29 is 9.53 Å². The van der Waals surface area contributed by atoms with Crippen molar-refractivity contribution in [1.29, 1.82) is 0 Å². The fraction of sp³-hybridized carbons (Fsp3) is 0.474. The van der Waals surface area contributed by atoms with E-state index in [1.165, 1.54) is 11.3 Å². The summed E-state index contributed by atoms with van der Waals surface area (Å²) in [6, 6.07) is 9.99. The first-order valence-corrected chi connectivity index (χ1v) is 9.67. The number of nitrogens with zero attached hydrogens (tertiary/aromatic N) is 2. The zero-order chi connectivity index (χ0) is 17.5. The van der Waals surface area contributed by atoms with Gasteiger partial charge in [0.1, 0.15) is 9.88 Å². The van der Waals surface area contributed by atoms with Crippen LogP contribution in [0.1, 0.15) is 28.2 Å². The van der Waals surface area contributed by atoms with Crippen molar-refractivity contribution in [2.75, 3.05) is 39.4 Å². The molecule has 0 bridgehead atoms. The summed E-state index contributed by atoms with van der Waals surface area (Å²) in [7, 11) is 0. The summed E-state index contributed by atoms with van der Waals surface area (Å²) < 4.78 is 5.35. The summed E-state index contributed by atoms with van der Waals surface area (Å²) in [6.45, 7) is 7.41. The largest absolute Gasteiger partial charge is 0.379 e. The van der Waals surface area contributed by atoms with Gasteiger partial charge in [-0.1, -0.05) is 30.3 Å². The fourth-order valence-electron chi connectivity index (χ4n) is 2.88. The van der Waals surface area contributed by atoms with Gasteiger partial charge in [-0.05, 0) is 26.3 Å². The number of unbranched alkanes of at least 4 members (excludes halogenated alkanes) is 1. The molecule has 1 aliphatic heterocycles. The van der Waals surface area contributed by atoms with Crippen LogP contribution in [0.2, 0.25) is 0 Å². The van der Waals surface area contributed by atoms with Crippen LogP contribution >= 0.6 is 11.3 Å². The minimum absolute atomic E-state index is 0.0106. The highest BCUT2D eigenvalue weighted by Gasteiger charge is 2.16. The van der Waals surface area contributed by atoms with Gasteiger partial charge in [0, 0.05) is 25.2 Å². The monoisotopic (exact) mass is 359 g/mol. The SMILES string of the molecule is Cc1nc(-c2ccccc2)sc1C(=O)NCCCCN1CCOCC1. The number of hydrogen-bond acceptors (Lipinski definition) is 5. The number of hydrogen-bond donors (Lipinski definition) is 1. The van der Waals surface area contributed by atoms with Crippen LogP contribution in [0.4, 0.5) is 0 Å². The molecule has 0 atom stereocenters. The van der Waals surface area contributed by atoms with E-state index in [0.29, 0.717) is 11.4 Å². The molecule has 6 heteroatoms. The number of benzene rings is 1. The fourth-order valence-corrected chi connectivity index (χ4v) is 3.87. The molecule has 0 unspecified atom stereocenters. The summed E-state index contributed by atoms with van der Waals surface area (Å²) in [5.41, 5.74) is 1.86. The molecule has 1 saturated heterocycles. The number of thiazole rings is 1. The third-order valence-electron chi connectivity index (χ3n) is 4.31. The predicted molar refractivity (Wildman–Crippen MR) is 101 cm³/mol. The molecule has 1 aromatic carbocycles. The van der Waals surface area contributed by atoms with E-state index < -0.39 is 0 Å². The molecular formula is C19H25N3O2S. The van der Waals surface area contributed by atoms with Crippen molar-refractivity contribution in [3.63, 3.8) is 0 Å². The molecule has 134 valence electrons. The van der Waals surface area contributed by atoms with Gasteiger partial charge in [0.15, 0.2) is 0 Å². The first-order valence-electron chi connectivity index (χ1n) is 8.85. The summed E-state index contributed by atoms with van der Waals surface area (Å²) >= 11 is 1.46. The molecule has 0 spiro atoms. The van der Waals surface area contributed by atoms with Crippen LogP contribution in [0.15, 0.2) is 30.3 Å². The third-order valence-corrected chi connectivity index (χ3v) is 5.52. The Balaban J connectivity index is 1.44. The molecule has 2 aromatic rings. The number of aryl methyl sites for hydroxylation is 1. The van der Waals surface area contributed by atoms with Crippen LogP contribution < -0.4 is 5.32 Å². The Labute approximate surface area is 153 Å². The predicted octanol–water partition coefficient (Wildman–Crippen LogP) is 2.96. The lowest BCUT2D eigenvalue weighted by Crippen LogP contribution is -2.37. The molecule has 1 aromatic heterocycles. The van der Waals surface area contributed by atoms with Gasteiger partial charge < -0.3 is 10.1 Å². The van der Waals surface area contributed by atoms with Crippen molar-refractivity contribution >= 4 is 17.2 Å². The highest BCUT2D eigenvalue weighted by atomic mass is 32.1. The van der Waals surface area contributed by atoms with E-state index in [-0.39, 0.29) is 5.91 Å². The number of ether oxygens (including phenoxy) is 1. The second kappa shape index (κ2) is 9.08. The van der Waals surface area contributed by atoms with E-state index in [0.717, 1.165) is 62.0 Å². The Hall–Kier alpha value is -1.76. The highest BCUT2D eigenvalue weighted by Crippen LogP contribution is 2.27. The maximum Gasteiger partial charge on any atom is 0.263 e. The Morgan fingerprint density at radius 1 is 1.24 bits per heavy atom. The Morgan fingerprint density at radius 3 is 2.76 bits per heavy atom. The van der Waals surface area contributed by atoms with Crippen LogP contribution in [0.5, 0.6) is 0 Å². The summed E-state index contributed by atoms with van der Waals surface area (Å²) in [5, 5.41) is 3.93. The van der Waals surface area contributed by atoms with Gasteiger partial charge >= 0.3 is 0 Å². The van der Waals surface area contributed by atoms with Crippen LogP contribution in [0.25, 0.3) is 10.6 Å². The Morgan fingerprint density at radius 2 is 2.00 bits per heavy atom. The molecule has 5 nitrogen and oxygen atoms in total. The normalized spacial score (nSPS) is 15.2. The second-order valence-electron chi connectivity index (χ2n) is 6.22. The molecule has 1 fully saturated rings. The van der Waals surface area contributed by atoms with Crippen molar-refractivity contribution in [1.82, 2.24) is 15.2 Å². The quantitative estimate of drug-likeness (QED) is 0.772. The lowest BCUT2D eigenvalue weighted by molar-refractivity contribution is 0.0372. The number of aromatic nitrogens is 1. The molecule has 0 aliphatic carbocycles. The van der Waals surface area contributed by atoms with Gasteiger partial charge in [-0.25, -0.2) is 4.98 Å². The number of amides is 1. The van der Waals surface area contributed by atoms with Gasteiger partial charge in [-0.2, -0.15) is 0 Å². The zero-order valence-corrected chi connectivity index (χ0v) is 15.5. The lowest BCUT2D eigenvalue weighted by atomic mass is 10.2. The molecular weight excluding hydrogens is 334 g/mol. The third kappa shape index (κ3) is 5.11. The smallest absolute Gasteiger partial charge is 0.263 e. The minimum Gasteiger partial charge on any atom is -0.379 e. The Kier molecular flexibility index (Phi) is 6.55. The Bertz CT molecular complexity index is 681. The minimum atomic E-state index is -0.0106. The van der Waals surface area contributed by atoms with Crippen molar-refractivity contribution in [3.8, 4) is 10.6 Å². The van der Waals surface area contributed by atoms with Crippen molar-refractivity contribution in [2.45, 2.75) is 19.8 Å². The summed E-state index contributed by atoms with van der Waals surface area (Å²) in [5.74, 6) is -0.0106. The first kappa shape index (κ1) is 18.0. The number of carbonyl (C=O) groups is 1. The van der Waals surface area contributed by atoms with Gasteiger partial charge in [0.25, 0.3) is 5.91 Å². The lowest BCUT2D eigenvalue weighted by Gasteiger charge is -2.26. The number of nitrogens with one attached hydrogen (secondary N) is 1. The topological polar surface area (TPSA) is 54.5 Å².